The average molecular weight is 396 g/mol. The van der Waals surface area contributed by atoms with Crippen molar-refractivity contribution in [2.24, 2.45) is 0 Å². The fourth-order valence-corrected chi connectivity index (χ4v) is 2.97. The molecular weight excluding hydrogens is 379 g/mol. The number of nitrogens with one attached hydrogen (secondary N) is 1. The molecule has 3 rings (SSSR count). The average Bonchev–Trinajstić information content (AvgIpc) is 2.60. The van der Waals surface area contributed by atoms with Crippen LogP contribution in [-0.2, 0) is 19.1 Å². The maximum absolute atomic E-state index is 12.6. The lowest BCUT2D eigenvalue weighted by atomic mass is 10.1. The molecule has 0 atom stereocenters. The summed E-state index contributed by atoms with van der Waals surface area (Å²) < 4.78 is 42.9. The van der Waals surface area contributed by atoms with Crippen LogP contribution >= 0.6 is 11.6 Å². The van der Waals surface area contributed by atoms with Gasteiger partial charge in [0.1, 0.15) is 5.58 Å². The van der Waals surface area contributed by atoms with Crippen LogP contribution in [0.2, 0.25) is 5.02 Å². The molecular formula is C20H17ClF3NO2. The quantitative estimate of drug-likeness (QED) is 0.482. The summed E-state index contributed by atoms with van der Waals surface area (Å²) in [4.78, 5) is 11.7. The number of alkyl halides is 3. The van der Waals surface area contributed by atoms with E-state index in [2.05, 4.69) is 5.32 Å². The van der Waals surface area contributed by atoms with Gasteiger partial charge in [0.25, 0.3) is 0 Å². The normalized spacial score (nSPS) is 11.9. The van der Waals surface area contributed by atoms with Crippen LogP contribution in [-0.4, -0.2) is 6.54 Å². The van der Waals surface area contributed by atoms with Crippen molar-refractivity contribution in [3.8, 4) is 0 Å². The molecule has 1 aromatic heterocycles. The molecule has 0 unspecified atom stereocenters. The maximum atomic E-state index is 12.6. The van der Waals surface area contributed by atoms with Crippen molar-refractivity contribution in [2.45, 2.75) is 26.1 Å². The molecule has 27 heavy (non-hydrogen) atoms. The summed E-state index contributed by atoms with van der Waals surface area (Å²) >= 11 is 6.17. The smallest absolute Gasteiger partial charge is 0.416 e. The molecule has 2 aromatic carbocycles. The van der Waals surface area contributed by atoms with Gasteiger partial charge in [-0.15, -0.1) is 0 Å². The van der Waals surface area contributed by atoms with E-state index in [-0.39, 0.29) is 0 Å². The number of hydrogen-bond acceptors (Lipinski definition) is 3. The summed E-state index contributed by atoms with van der Waals surface area (Å²) in [6.45, 7) is 2.80. The second-order valence-corrected chi connectivity index (χ2v) is 6.72. The van der Waals surface area contributed by atoms with E-state index in [4.69, 9.17) is 16.0 Å². The Hall–Kier alpha value is -2.31. The van der Waals surface area contributed by atoms with Crippen LogP contribution in [0.5, 0.6) is 0 Å². The second-order valence-electron chi connectivity index (χ2n) is 6.31. The third-order valence-corrected chi connectivity index (χ3v) is 4.70. The van der Waals surface area contributed by atoms with Crippen molar-refractivity contribution in [3.05, 3.63) is 80.2 Å². The highest BCUT2D eigenvalue weighted by Crippen LogP contribution is 2.29. The monoisotopic (exact) mass is 395 g/mol. The molecule has 0 aliphatic rings. The minimum Gasteiger partial charge on any atom is -0.423 e. The predicted octanol–water partition coefficient (Wildman–Crippen LogP) is 5.11. The van der Waals surface area contributed by atoms with Gasteiger partial charge in [0.2, 0.25) is 0 Å². The molecule has 0 amide bonds. The summed E-state index contributed by atoms with van der Waals surface area (Å²) in [5.74, 6) is 0. The van der Waals surface area contributed by atoms with Crippen LogP contribution in [0, 0.1) is 6.92 Å². The summed E-state index contributed by atoms with van der Waals surface area (Å²) in [5, 5.41) is 4.54. The Morgan fingerprint density at radius 3 is 2.48 bits per heavy atom. The molecule has 3 aromatic rings. The van der Waals surface area contributed by atoms with Gasteiger partial charge < -0.3 is 9.73 Å². The number of benzene rings is 2. The molecule has 3 nitrogen and oxygen atoms in total. The third-order valence-electron chi connectivity index (χ3n) is 4.30. The number of aryl methyl sites for hydroxylation is 1. The minimum absolute atomic E-state index is 0.419. The van der Waals surface area contributed by atoms with Crippen LogP contribution in [0.1, 0.15) is 22.3 Å². The van der Waals surface area contributed by atoms with E-state index < -0.39 is 17.4 Å². The third kappa shape index (κ3) is 4.70. The SMILES string of the molecule is Cc1cc2oc(=O)cc(CNCCc3ccc(C(F)(F)F)cc3)c2cc1Cl. The van der Waals surface area contributed by atoms with Crippen LogP contribution in [0.15, 0.2) is 51.7 Å². The fourth-order valence-electron chi connectivity index (χ4n) is 2.81. The van der Waals surface area contributed by atoms with E-state index in [1.54, 1.807) is 12.1 Å². The number of fused-ring (bicyclic) bond motifs is 1. The molecule has 1 heterocycles. The number of halogens is 4. The zero-order valence-electron chi connectivity index (χ0n) is 14.5. The highest BCUT2D eigenvalue weighted by atomic mass is 35.5. The van der Waals surface area contributed by atoms with Crippen LogP contribution in [0.25, 0.3) is 11.0 Å². The standard InChI is InChI=1S/C20H17ClF3NO2/c1-12-8-18-16(10-17(12)21)14(9-19(26)27-18)11-25-7-6-13-2-4-15(5-3-13)20(22,23)24/h2-5,8-10,25H,6-7,11H2,1H3. The van der Waals surface area contributed by atoms with Crippen LogP contribution in [0.4, 0.5) is 13.2 Å². The topological polar surface area (TPSA) is 42.2 Å². The van der Waals surface area contributed by atoms with Gasteiger partial charge in [-0.2, -0.15) is 13.2 Å². The van der Waals surface area contributed by atoms with Crippen molar-refractivity contribution >= 4 is 22.6 Å². The first-order chi connectivity index (χ1) is 12.7. The first-order valence-corrected chi connectivity index (χ1v) is 8.71. The minimum atomic E-state index is -4.33. The Balaban J connectivity index is 1.65. The van der Waals surface area contributed by atoms with E-state index in [0.29, 0.717) is 30.1 Å². The number of hydrogen-bond donors (Lipinski definition) is 1. The zero-order chi connectivity index (χ0) is 19.6. The second kappa shape index (κ2) is 7.74. The summed E-state index contributed by atoms with van der Waals surface area (Å²) in [6, 6.07) is 10.0. The molecule has 0 aliphatic carbocycles. The summed E-state index contributed by atoms with van der Waals surface area (Å²) in [5.41, 5.74) is 1.75. The van der Waals surface area contributed by atoms with Gasteiger partial charge in [-0.05, 0) is 60.8 Å². The van der Waals surface area contributed by atoms with Crippen molar-refractivity contribution < 1.29 is 17.6 Å². The van der Waals surface area contributed by atoms with Crippen LogP contribution < -0.4 is 10.9 Å². The van der Waals surface area contributed by atoms with Crippen molar-refractivity contribution in [3.63, 3.8) is 0 Å². The molecule has 0 saturated heterocycles. The molecule has 1 N–H and O–H groups in total. The summed E-state index contributed by atoms with van der Waals surface area (Å²) in [7, 11) is 0. The van der Waals surface area contributed by atoms with Crippen LogP contribution in [0.3, 0.4) is 0 Å². The van der Waals surface area contributed by atoms with Gasteiger partial charge in [-0.25, -0.2) is 4.79 Å². The van der Waals surface area contributed by atoms with Gasteiger partial charge in [0.05, 0.1) is 5.56 Å². The zero-order valence-corrected chi connectivity index (χ0v) is 15.2. The van der Waals surface area contributed by atoms with Gasteiger partial charge in [0.15, 0.2) is 0 Å². The lowest BCUT2D eigenvalue weighted by Crippen LogP contribution is -2.18. The molecule has 0 spiro atoms. The van der Waals surface area contributed by atoms with E-state index in [1.165, 1.54) is 18.2 Å². The van der Waals surface area contributed by atoms with Crippen molar-refractivity contribution in [1.29, 1.82) is 0 Å². The molecule has 0 saturated carbocycles. The van der Waals surface area contributed by atoms with Gasteiger partial charge in [-0.3, -0.25) is 0 Å². The highest BCUT2D eigenvalue weighted by Gasteiger charge is 2.29. The Morgan fingerprint density at radius 1 is 1.11 bits per heavy atom. The fraction of sp³-hybridized carbons (Fsp3) is 0.250. The van der Waals surface area contributed by atoms with Crippen molar-refractivity contribution in [1.82, 2.24) is 5.32 Å². The molecule has 7 heteroatoms. The number of rotatable bonds is 5. The summed E-state index contributed by atoms with van der Waals surface area (Å²) in [6.07, 6.45) is -3.76. The molecule has 0 radical (unpaired) electrons. The Kier molecular flexibility index (Phi) is 5.58. The first kappa shape index (κ1) is 19.5. The molecule has 142 valence electrons. The van der Waals surface area contributed by atoms with Gasteiger partial charge in [0, 0.05) is 23.0 Å². The van der Waals surface area contributed by atoms with Gasteiger partial charge in [-0.1, -0.05) is 23.7 Å². The lowest BCUT2D eigenvalue weighted by molar-refractivity contribution is -0.137. The molecule has 0 fully saturated rings. The van der Waals surface area contributed by atoms with Gasteiger partial charge >= 0.3 is 11.8 Å². The highest BCUT2D eigenvalue weighted by molar-refractivity contribution is 6.32. The van der Waals surface area contributed by atoms with E-state index >= 15 is 0 Å². The van der Waals surface area contributed by atoms with E-state index in [9.17, 15) is 18.0 Å². The van der Waals surface area contributed by atoms with Crippen molar-refractivity contribution in [2.75, 3.05) is 6.54 Å². The lowest BCUT2D eigenvalue weighted by Gasteiger charge is -2.10. The largest absolute Gasteiger partial charge is 0.423 e. The Bertz CT molecular complexity index is 1010. The Labute approximate surface area is 158 Å². The van der Waals surface area contributed by atoms with E-state index in [0.717, 1.165) is 34.2 Å². The molecule has 0 bridgehead atoms. The first-order valence-electron chi connectivity index (χ1n) is 8.34. The predicted molar refractivity (Wildman–Crippen MR) is 99.1 cm³/mol. The maximum Gasteiger partial charge on any atom is 0.416 e. The van der Waals surface area contributed by atoms with E-state index in [1.807, 2.05) is 6.92 Å². The molecule has 0 aliphatic heterocycles. The Morgan fingerprint density at radius 2 is 1.81 bits per heavy atom.